The Hall–Kier alpha value is -1.85. The van der Waals surface area contributed by atoms with E-state index in [1.54, 1.807) is 0 Å². The zero-order valence-electron chi connectivity index (χ0n) is 11.7. The van der Waals surface area contributed by atoms with Crippen molar-refractivity contribution in [2.24, 2.45) is 11.8 Å². The van der Waals surface area contributed by atoms with Gasteiger partial charge in [0, 0.05) is 6.08 Å². The standard InChI is InChI=1S/C13H18O6/c1-2-11(14)18-7-8-19-13(17)10-6-4-3-5-9(10)12(15)16/h2,9-10H,1,3-8H2,(H,15,16)/p+1. The van der Waals surface area contributed by atoms with Crippen LogP contribution in [0.25, 0.3) is 0 Å². The quantitative estimate of drug-likeness (QED) is 0.444. The van der Waals surface area contributed by atoms with Gasteiger partial charge in [-0.3, -0.25) is 9.59 Å². The van der Waals surface area contributed by atoms with Gasteiger partial charge in [0.2, 0.25) is 0 Å². The third-order valence-electron chi connectivity index (χ3n) is 3.12. The lowest BCUT2D eigenvalue weighted by Gasteiger charge is -2.26. The van der Waals surface area contributed by atoms with E-state index in [4.69, 9.17) is 9.84 Å². The molecule has 0 amide bonds. The van der Waals surface area contributed by atoms with Crippen LogP contribution in [0.2, 0.25) is 0 Å². The molecule has 0 aliphatic heterocycles. The van der Waals surface area contributed by atoms with Crippen molar-refractivity contribution in [3.8, 4) is 0 Å². The van der Waals surface area contributed by atoms with Crippen molar-refractivity contribution in [1.82, 2.24) is 0 Å². The molecular formula is C13H19O6+. The zero-order chi connectivity index (χ0) is 14.3. The number of esters is 2. The van der Waals surface area contributed by atoms with Crippen LogP contribution in [0.15, 0.2) is 12.7 Å². The van der Waals surface area contributed by atoms with Crippen molar-refractivity contribution in [2.45, 2.75) is 25.7 Å². The van der Waals surface area contributed by atoms with Gasteiger partial charge in [-0.15, -0.1) is 0 Å². The van der Waals surface area contributed by atoms with Gasteiger partial charge in [0.05, 0.1) is 11.8 Å². The Labute approximate surface area is 112 Å². The predicted octanol–water partition coefficient (Wildman–Crippen LogP) is 1.26. The van der Waals surface area contributed by atoms with Crippen molar-refractivity contribution in [3.05, 3.63) is 12.7 Å². The number of carbonyl (C=O) groups excluding carboxylic acids is 2. The summed E-state index contributed by atoms with van der Waals surface area (Å²) in [7, 11) is 0. The van der Waals surface area contributed by atoms with Crippen molar-refractivity contribution < 1.29 is 30.4 Å². The summed E-state index contributed by atoms with van der Waals surface area (Å²) >= 11 is 0. The van der Waals surface area contributed by atoms with Gasteiger partial charge >= 0.3 is 19.3 Å². The molecule has 0 saturated heterocycles. The van der Waals surface area contributed by atoms with E-state index in [0.717, 1.165) is 18.9 Å². The molecule has 19 heavy (non-hydrogen) atoms. The van der Waals surface area contributed by atoms with Crippen molar-refractivity contribution >= 4 is 17.9 Å². The Morgan fingerprint density at radius 2 is 1.74 bits per heavy atom. The summed E-state index contributed by atoms with van der Waals surface area (Å²) in [6, 6.07) is 0. The molecule has 6 nitrogen and oxygen atoms in total. The highest BCUT2D eigenvalue weighted by molar-refractivity contribution is 5.82. The van der Waals surface area contributed by atoms with E-state index >= 15 is 0 Å². The lowest BCUT2D eigenvalue weighted by molar-refractivity contribution is -0.161. The highest BCUT2D eigenvalue weighted by Gasteiger charge is 2.36. The maximum absolute atomic E-state index is 11.8. The van der Waals surface area contributed by atoms with Gasteiger partial charge in [-0.2, -0.15) is 0 Å². The first kappa shape index (κ1) is 15.2. The van der Waals surface area contributed by atoms with Crippen molar-refractivity contribution in [3.63, 3.8) is 0 Å². The first-order chi connectivity index (χ1) is 9.06. The van der Waals surface area contributed by atoms with E-state index in [2.05, 4.69) is 11.3 Å². The smallest absolute Gasteiger partial charge is 0.481 e. The number of aliphatic carboxylic acids is 1. The topological polar surface area (TPSA) is 89.9 Å². The number of hydrogen-bond acceptors (Lipinski definition) is 5. The normalized spacial score (nSPS) is 22.3. The lowest BCUT2D eigenvalue weighted by Crippen LogP contribution is -2.34. The summed E-state index contributed by atoms with van der Waals surface area (Å²) in [5.74, 6) is -3.34. The Bertz CT molecular complexity index is 368. The molecule has 0 aromatic rings. The Morgan fingerprint density at radius 1 is 1.16 bits per heavy atom. The lowest BCUT2D eigenvalue weighted by atomic mass is 9.79. The molecule has 0 radical (unpaired) electrons. The van der Waals surface area contributed by atoms with Gasteiger partial charge in [0.25, 0.3) is 0 Å². The molecule has 0 aromatic carbocycles. The van der Waals surface area contributed by atoms with Gasteiger partial charge in [-0.1, -0.05) is 19.4 Å². The molecule has 1 N–H and O–H groups in total. The second-order valence-corrected chi connectivity index (χ2v) is 4.37. The van der Waals surface area contributed by atoms with Crippen molar-refractivity contribution in [2.75, 3.05) is 13.2 Å². The summed E-state index contributed by atoms with van der Waals surface area (Å²) < 4.78 is 9.60. The number of carbonyl (C=O) groups is 3. The predicted molar refractivity (Wildman–Crippen MR) is 66.3 cm³/mol. The highest BCUT2D eigenvalue weighted by atomic mass is 16.6. The van der Waals surface area contributed by atoms with E-state index in [1.807, 2.05) is 0 Å². The number of rotatable bonds is 6. The Balaban J connectivity index is 0.00000361. The second-order valence-electron chi connectivity index (χ2n) is 4.37. The summed E-state index contributed by atoms with van der Waals surface area (Å²) in [6.07, 6.45) is 3.69. The van der Waals surface area contributed by atoms with Gasteiger partial charge in [0.1, 0.15) is 13.2 Å². The largest absolute Gasteiger partial charge is 1.00 e. The molecule has 0 heterocycles. The Morgan fingerprint density at radius 3 is 2.32 bits per heavy atom. The summed E-state index contributed by atoms with van der Waals surface area (Å²) in [5.41, 5.74) is 0. The molecule has 1 saturated carbocycles. The minimum absolute atomic E-state index is 0. The first-order valence-corrected chi connectivity index (χ1v) is 6.25. The molecule has 1 aliphatic rings. The molecule has 6 heteroatoms. The van der Waals surface area contributed by atoms with Crippen LogP contribution >= 0.6 is 0 Å². The minimum atomic E-state index is -0.959. The fraction of sp³-hybridized carbons (Fsp3) is 0.615. The van der Waals surface area contributed by atoms with Crippen molar-refractivity contribution in [1.29, 1.82) is 0 Å². The molecule has 0 bridgehead atoms. The summed E-state index contributed by atoms with van der Waals surface area (Å²) in [4.78, 5) is 33.6. The third kappa shape index (κ3) is 4.73. The molecule has 2 atom stereocenters. The van der Waals surface area contributed by atoms with Crippen LogP contribution in [0.3, 0.4) is 0 Å². The molecular weight excluding hydrogens is 252 g/mol. The molecule has 1 fully saturated rings. The third-order valence-corrected chi connectivity index (χ3v) is 3.12. The van der Waals surface area contributed by atoms with E-state index in [1.165, 1.54) is 0 Å². The van der Waals surface area contributed by atoms with Crippen LogP contribution in [0.4, 0.5) is 0 Å². The molecule has 0 aromatic heterocycles. The SMILES string of the molecule is C=CC(=O)OCCOC(=O)C1CCCCC1C(=O)O.[H+]. The van der Waals surface area contributed by atoms with E-state index in [-0.39, 0.29) is 14.6 Å². The van der Waals surface area contributed by atoms with E-state index in [9.17, 15) is 14.4 Å². The average molecular weight is 271 g/mol. The Kier molecular flexibility index (Phi) is 6.05. The number of ether oxygens (including phenoxy) is 2. The fourth-order valence-corrected chi connectivity index (χ4v) is 2.16. The van der Waals surface area contributed by atoms with Gasteiger partial charge in [-0.05, 0) is 12.8 Å². The van der Waals surface area contributed by atoms with Crippen LogP contribution in [-0.4, -0.2) is 36.2 Å². The number of carboxylic acid groups (broad SMARTS) is 1. The monoisotopic (exact) mass is 271 g/mol. The maximum atomic E-state index is 11.8. The summed E-state index contributed by atoms with van der Waals surface area (Å²) in [5, 5.41) is 9.05. The maximum Gasteiger partial charge on any atom is 1.00 e. The van der Waals surface area contributed by atoms with Gasteiger partial charge in [-0.25, -0.2) is 4.79 Å². The van der Waals surface area contributed by atoms with Gasteiger partial charge in [0.15, 0.2) is 0 Å². The molecule has 1 rings (SSSR count). The fourth-order valence-electron chi connectivity index (χ4n) is 2.16. The van der Waals surface area contributed by atoms with E-state index < -0.39 is 29.7 Å². The number of carboxylic acids is 1. The van der Waals surface area contributed by atoms with Crippen LogP contribution in [0.5, 0.6) is 0 Å². The molecule has 106 valence electrons. The number of hydrogen-bond donors (Lipinski definition) is 1. The second kappa shape index (κ2) is 7.56. The molecule has 1 aliphatic carbocycles. The summed E-state index contributed by atoms with van der Waals surface area (Å²) in [6.45, 7) is 3.11. The minimum Gasteiger partial charge on any atom is -0.481 e. The average Bonchev–Trinajstić information content (AvgIpc) is 2.42. The van der Waals surface area contributed by atoms with Crippen LogP contribution < -0.4 is 0 Å². The van der Waals surface area contributed by atoms with Crippen LogP contribution in [0.1, 0.15) is 27.1 Å². The highest BCUT2D eigenvalue weighted by Crippen LogP contribution is 2.31. The van der Waals surface area contributed by atoms with Gasteiger partial charge < -0.3 is 14.6 Å². The zero-order valence-corrected chi connectivity index (χ0v) is 10.7. The molecule has 2 unspecified atom stereocenters. The molecule has 0 spiro atoms. The van der Waals surface area contributed by atoms with E-state index in [0.29, 0.717) is 12.8 Å². The van der Waals surface area contributed by atoms with Crippen LogP contribution in [-0.2, 0) is 23.9 Å². The van der Waals surface area contributed by atoms with Crippen LogP contribution in [0, 0.1) is 11.8 Å². The first-order valence-electron chi connectivity index (χ1n) is 6.25.